The van der Waals surface area contributed by atoms with Crippen molar-refractivity contribution >= 4 is 50.1 Å². The van der Waals surface area contributed by atoms with Gasteiger partial charge in [-0.3, -0.25) is 4.79 Å². The summed E-state index contributed by atoms with van der Waals surface area (Å²) in [7, 11) is 0. The van der Waals surface area contributed by atoms with Gasteiger partial charge in [0, 0.05) is 20.3 Å². The lowest BCUT2D eigenvalue weighted by Crippen LogP contribution is -2.37. The molecular formula is C12H14BrIN2O. The van der Waals surface area contributed by atoms with Gasteiger partial charge in [-0.2, -0.15) is 0 Å². The second kappa shape index (κ2) is 7.00. The minimum absolute atomic E-state index is 0.0410. The number of carbonyl (C=O) groups is 1. The van der Waals surface area contributed by atoms with Crippen molar-refractivity contribution < 1.29 is 4.79 Å². The standard InChI is InChI=1S/C12H14BrIN2O/c1-3-6-15-12(17)8(2)16-11-7-9(13)4-5-10(11)14/h3-5,7-8,16H,1,6H2,2H3,(H,15,17). The molecule has 0 aliphatic carbocycles. The molecule has 0 heterocycles. The molecule has 0 aliphatic rings. The molecule has 0 radical (unpaired) electrons. The van der Waals surface area contributed by atoms with Crippen molar-refractivity contribution in [2.45, 2.75) is 13.0 Å². The predicted molar refractivity (Wildman–Crippen MR) is 83.2 cm³/mol. The molecule has 1 aromatic rings. The van der Waals surface area contributed by atoms with E-state index in [1.807, 2.05) is 25.1 Å². The first-order valence-corrected chi connectivity index (χ1v) is 7.02. The van der Waals surface area contributed by atoms with Crippen LogP contribution in [0.25, 0.3) is 0 Å². The average Bonchev–Trinajstić information content (AvgIpc) is 2.30. The van der Waals surface area contributed by atoms with Crippen LogP contribution in [-0.2, 0) is 4.79 Å². The zero-order valence-electron chi connectivity index (χ0n) is 9.47. The largest absolute Gasteiger partial charge is 0.373 e. The van der Waals surface area contributed by atoms with Crippen LogP contribution in [0.3, 0.4) is 0 Å². The molecule has 1 amide bonds. The molecule has 3 nitrogen and oxygen atoms in total. The first kappa shape index (κ1) is 14.5. The fourth-order valence-corrected chi connectivity index (χ4v) is 2.09. The number of amides is 1. The smallest absolute Gasteiger partial charge is 0.242 e. The van der Waals surface area contributed by atoms with Crippen molar-refractivity contribution in [3.8, 4) is 0 Å². The molecular weight excluding hydrogens is 395 g/mol. The highest BCUT2D eigenvalue weighted by atomic mass is 127. The second-order valence-electron chi connectivity index (χ2n) is 3.52. The molecule has 0 bridgehead atoms. The molecule has 0 spiro atoms. The summed E-state index contributed by atoms with van der Waals surface area (Å²) in [4.78, 5) is 11.7. The van der Waals surface area contributed by atoms with Crippen LogP contribution in [0.4, 0.5) is 5.69 Å². The zero-order valence-corrected chi connectivity index (χ0v) is 13.2. The van der Waals surface area contributed by atoms with Crippen LogP contribution in [-0.4, -0.2) is 18.5 Å². The third kappa shape index (κ3) is 4.67. The van der Waals surface area contributed by atoms with E-state index in [0.29, 0.717) is 6.54 Å². The molecule has 0 fully saturated rings. The topological polar surface area (TPSA) is 41.1 Å². The van der Waals surface area contributed by atoms with E-state index in [2.05, 4.69) is 55.7 Å². The van der Waals surface area contributed by atoms with Gasteiger partial charge in [0.25, 0.3) is 0 Å². The number of carbonyl (C=O) groups excluding carboxylic acids is 1. The highest BCUT2D eigenvalue weighted by molar-refractivity contribution is 14.1. The summed E-state index contributed by atoms with van der Waals surface area (Å²) in [6.45, 7) is 5.87. The molecule has 5 heteroatoms. The number of hydrogen-bond acceptors (Lipinski definition) is 2. The number of benzene rings is 1. The molecule has 2 N–H and O–H groups in total. The van der Waals surface area contributed by atoms with Gasteiger partial charge >= 0.3 is 0 Å². The van der Waals surface area contributed by atoms with E-state index in [4.69, 9.17) is 0 Å². The average molecular weight is 409 g/mol. The Bertz CT molecular complexity index is 423. The Balaban J connectivity index is 2.66. The van der Waals surface area contributed by atoms with Crippen molar-refractivity contribution in [2.24, 2.45) is 0 Å². The molecule has 1 unspecified atom stereocenters. The van der Waals surface area contributed by atoms with E-state index in [0.717, 1.165) is 13.7 Å². The van der Waals surface area contributed by atoms with Gasteiger partial charge in [-0.25, -0.2) is 0 Å². The Morgan fingerprint density at radius 2 is 2.35 bits per heavy atom. The normalized spacial score (nSPS) is 11.7. The van der Waals surface area contributed by atoms with E-state index < -0.39 is 0 Å². The summed E-state index contributed by atoms with van der Waals surface area (Å²) in [6, 6.07) is 5.63. The van der Waals surface area contributed by atoms with Gasteiger partial charge in [0.05, 0.1) is 0 Å². The summed E-state index contributed by atoms with van der Waals surface area (Å²) in [6.07, 6.45) is 1.66. The van der Waals surface area contributed by atoms with Crippen LogP contribution in [0, 0.1) is 3.57 Å². The van der Waals surface area contributed by atoms with Gasteiger partial charge in [0.1, 0.15) is 6.04 Å². The van der Waals surface area contributed by atoms with Crippen molar-refractivity contribution in [2.75, 3.05) is 11.9 Å². The first-order chi connectivity index (χ1) is 8.04. The maximum atomic E-state index is 11.7. The summed E-state index contributed by atoms with van der Waals surface area (Å²) in [5.41, 5.74) is 0.946. The lowest BCUT2D eigenvalue weighted by molar-refractivity contribution is -0.121. The quantitative estimate of drug-likeness (QED) is 0.580. The van der Waals surface area contributed by atoms with Gasteiger partial charge in [-0.05, 0) is 47.7 Å². The minimum atomic E-state index is -0.280. The Labute approximate surface area is 123 Å². The van der Waals surface area contributed by atoms with E-state index in [9.17, 15) is 4.79 Å². The minimum Gasteiger partial charge on any atom is -0.373 e. The summed E-state index contributed by atoms with van der Waals surface area (Å²) in [5, 5.41) is 5.93. The third-order valence-corrected chi connectivity index (χ3v) is 3.55. The lowest BCUT2D eigenvalue weighted by atomic mass is 10.2. The highest BCUT2D eigenvalue weighted by Crippen LogP contribution is 2.23. The Kier molecular flexibility index (Phi) is 5.97. The molecule has 1 atom stereocenters. The van der Waals surface area contributed by atoms with Gasteiger partial charge in [-0.1, -0.05) is 22.0 Å². The summed E-state index contributed by atoms with van der Waals surface area (Å²) in [5.74, 6) is -0.0410. The monoisotopic (exact) mass is 408 g/mol. The van der Waals surface area contributed by atoms with Crippen LogP contribution < -0.4 is 10.6 Å². The Morgan fingerprint density at radius 1 is 1.65 bits per heavy atom. The van der Waals surface area contributed by atoms with Crippen molar-refractivity contribution in [3.05, 3.63) is 38.9 Å². The maximum absolute atomic E-state index is 11.7. The van der Waals surface area contributed by atoms with Crippen LogP contribution in [0.5, 0.6) is 0 Å². The molecule has 0 aliphatic heterocycles. The number of nitrogens with one attached hydrogen (secondary N) is 2. The number of rotatable bonds is 5. The first-order valence-electron chi connectivity index (χ1n) is 5.14. The van der Waals surface area contributed by atoms with Crippen molar-refractivity contribution in [3.63, 3.8) is 0 Å². The molecule has 92 valence electrons. The Morgan fingerprint density at radius 3 is 3.00 bits per heavy atom. The third-order valence-electron chi connectivity index (χ3n) is 2.11. The van der Waals surface area contributed by atoms with Crippen molar-refractivity contribution in [1.29, 1.82) is 0 Å². The molecule has 0 saturated heterocycles. The molecule has 0 aromatic heterocycles. The molecule has 0 saturated carbocycles. The number of anilines is 1. The zero-order chi connectivity index (χ0) is 12.8. The lowest BCUT2D eigenvalue weighted by Gasteiger charge is -2.16. The molecule has 17 heavy (non-hydrogen) atoms. The van der Waals surface area contributed by atoms with E-state index >= 15 is 0 Å². The van der Waals surface area contributed by atoms with Gasteiger partial charge in [-0.15, -0.1) is 6.58 Å². The van der Waals surface area contributed by atoms with Crippen LogP contribution >= 0.6 is 38.5 Å². The van der Waals surface area contributed by atoms with E-state index in [1.165, 1.54) is 0 Å². The number of halogens is 2. The SMILES string of the molecule is C=CCNC(=O)C(C)Nc1cc(Br)ccc1I. The van der Waals surface area contributed by atoms with Crippen LogP contribution in [0.2, 0.25) is 0 Å². The second-order valence-corrected chi connectivity index (χ2v) is 5.60. The van der Waals surface area contributed by atoms with Crippen LogP contribution in [0.1, 0.15) is 6.92 Å². The number of hydrogen-bond donors (Lipinski definition) is 2. The summed E-state index contributed by atoms with van der Waals surface area (Å²) < 4.78 is 2.06. The van der Waals surface area contributed by atoms with E-state index in [-0.39, 0.29) is 11.9 Å². The van der Waals surface area contributed by atoms with Gasteiger partial charge < -0.3 is 10.6 Å². The summed E-state index contributed by atoms with van der Waals surface area (Å²) >= 11 is 5.64. The highest BCUT2D eigenvalue weighted by Gasteiger charge is 2.12. The van der Waals surface area contributed by atoms with Gasteiger partial charge in [0.15, 0.2) is 0 Å². The molecule has 1 rings (SSSR count). The maximum Gasteiger partial charge on any atom is 0.242 e. The van der Waals surface area contributed by atoms with Crippen molar-refractivity contribution in [1.82, 2.24) is 5.32 Å². The molecule has 1 aromatic carbocycles. The predicted octanol–water partition coefficient (Wildman–Crippen LogP) is 3.16. The van der Waals surface area contributed by atoms with Crippen LogP contribution in [0.15, 0.2) is 35.3 Å². The fourth-order valence-electron chi connectivity index (χ4n) is 1.23. The Hall–Kier alpha value is -0.560. The van der Waals surface area contributed by atoms with E-state index in [1.54, 1.807) is 6.08 Å². The fraction of sp³-hybridized carbons (Fsp3) is 0.250. The van der Waals surface area contributed by atoms with Gasteiger partial charge in [0.2, 0.25) is 5.91 Å².